The maximum absolute atomic E-state index is 8.80. The maximum atomic E-state index is 8.80. The van der Waals surface area contributed by atoms with Crippen molar-refractivity contribution in [1.29, 1.82) is 5.26 Å². The summed E-state index contributed by atoms with van der Waals surface area (Å²) in [5, 5.41) is 12.2. The Kier molecular flexibility index (Phi) is 5.68. The molecule has 0 heterocycles. The molecule has 1 rings (SSSR count). The van der Waals surface area contributed by atoms with E-state index in [-0.39, 0.29) is 0 Å². The van der Waals surface area contributed by atoms with Gasteiger partial charge in [-0.25, -0.2) is 0 Å². The van der Waals surface area contributed by atoms with Gasteiger partial charge in [-0.1, -0.05) is 26.0 Å². The lowest BCUT2D eigenvalue weighted by Crippen LogP contribution is -2.31. The molecule has 0 amide bonds. The number of benzene rings is 1. The average molecular weight is 231 g/mol. The molecule has 0 fully saturated rings. The van der Waals surface area contributed by atoms with Crippen molar-refractivity contribution in [3.63, 3.8) is 0 Å². The van der Waals surface area contributed by atoms with Gasteiger partial charge in [-0.15, -0.1) is 0 Å². The minimum atomic E-state index is 0.508. The molecule has 3 heteroatoms. The molecule has 0 aromatic heterocycles. The minimum absolute atomic E-state index is 0.508. The molecule has 0 aliphatic heterocycles. The fourth-order valence-electron chi connectivity index (χ4n) is 1.74. The third-order valence-corrected chi connectivity index (χ3v) is 3.04. The smallest absolute Gasteiger partial charge is 0.0991 e. The van der Waals surface area contributed by atoms with E-state index in [9.17, 15) is 0 Å². The van der Waals surface area contributed by atoms with Crippen LogP contribution in [-0.4, -0.2) is 13.1 Å². The van der Waals surface area contributed by atoms with E-state index in [1.807, 2.05) is 24.3 Å². The first-order chi connectivity index (χ1) is 8.17. The zero-order valence-electron chi connectivity index (χ0n) is 10.6. The van der Waals surface area contributed by atoms with Gasteiger partial charge in [0.25, 0.3) is 0 Å². The molecule has 3 nitrogen and oxygen atoms in total. The Balaban J connectivity index is 2.43. The van der Waals surface area contributed by atoms with E-state index in [1.165, 1.54) is 0 Å². The molecule has 92 valence electrons. The molecule has 17 heavy (non-hydrogen) atoms. The van der Waals surface area contributed by atoms with Gasteiger partial charge in [0, 0.05) is 6.54 Å². The van der Waals surface area contributed by atoms with E-state index in [0.717, 1.165) is 18.7 Å². The predicted molar refractivity (Wildman–Crippen MR) is 70.2 cm³/mol. The standard InChI is InChI=1S/C14H21N3/c1-11(2)14(8-16)10-17-9-13-5-3-4-12(6-13)7-15/h3-6,11,14,17H,8-10,16H2,1-2H3. The third-order valence-electron chi connectivity index (χ3n) is 3.04. The quantitative estimate of drug-likeness (QED) is 0.785. The Morgan fingerprint density at radius 1 is 1.41 bits per heavy atom. The van der Waals surface area contributed by atoms with Crippen LogP contribution < -0.4 is 11.1 Å². The minimum Gasteiger partial charge on any atom is -0.330 e. The lowest BCUT2D eigenvalue weighted by Gasteiger charge is -2.19. The van der Waals surface area contributed by atoms with Gasteiger partial charge in [0.1, 0.15) is 0 Å². The summed E-state index contributed by atoms with van der Waals surface area (Å²) in [4.78, 5) is 0. The van der Waals surface area contributed by atoms with Crippen LogP contribution in [0.4, 0.5) is 0 Å². The summed E-state index contributed by atoms with van der Waals surface area (Å²) in [5.74, 6) is 1.10. The number of nitrogens with zero attached hydrogens (tertiary/aromatic N) is 1. The summed E-state index contributed by atoms with van der Waals surface area (Å²) in [5.41, 5.74) is 7.57. The van der Waals surface area contributed by atoms with E-state index in [2.05, 4.69) is 25.2 Å². The molecule has 0 bridgehead atoms. The predicted octanol–water partition coefficient (Wildman–Crippen LogP) is 1.88. The monoisotopic (exact) mass is 231 g/mol. The van der Waals surface area contributed by atoms with E-state index in [1.54, 1.807) is 0 Å². The van der Waals surface area contributed by atoms with Crippen LogP contribution in [0.5, 0.6) is 0 Å². The molecule has 1 aromatic rings. The highest BCUT2D eigenvalue weighted by Crippen LogP contribution is 2.08. The topological polar surface area (TPSA) is 61.8 Å². The normalized spacial score (nSPS) is 12.4. The van der Waals surface area contributed by atoms with Gasteiger partial charge in [0.2, 0.25) is 0 Å². The van der Waals surface area contributed by atoms with Crippen LogP contribution in [0.1, 0.15) is 25.0 Å². The van der Waals surface area contributed by atoms with E-state index in [0.29, 0.717) is 23.9 Å². The second-order valence-electron chi connectivity index (χ2n) is 4.68. The SMILES string of the molecule is CC(C)C(CN)CNCc1cccc(C#N)c1. The number of nitrogens with two attached hydrogens (primary N) is 1. The molecule has 1 aromatic carbocycles. The molecule has 0 saturated heterocycles. The summed E-state index contributed by atoms with van der Waals surface area (Å²) in [6.45, 7) is 6.80. The van der Waals surface area contributed by atoms with Crippen LogP contribution in [0, 0.1) is 23.2 Å². The van der Waals surface area contributed by atoms with E-state index < -0.39 is 0 Å². The van der Waals surface area contributed by atoms with Gasteiger partial charge in [0.15, 0.2) is 0 Å². The van der Waals surface area contributed by atoms with Gasteiger partial charge < -0.3 is 11.1 Å². The Hall–Kier alpha value is -1.37. The molecular weight excluding hydrogens is 210 g/mol. The molecule has 3 N–H and O–H groups in total. The van der Waals surface area contributed by atoms with Crippen LogP contribution in [0.2, 0.25) is 0 Å². The van der Waals surface area contributed by atoms with Gasteiger partial charge in [0.05, 0.1) is 11.6 Å². The summed E-state index contributed by atoms with van der Waals surface area (Å²) in [6, 6.07) is 9.83. The van der Waals surface area contributed by atoms with Gasteiger partial charge in [-0.3, -0.25) is 0 Å². The summed E-state index contributed by atoms with van der Waals surface area (Å²) in [7, 11) is 0. The van der Waals surface area contributed by atoms with Crippen molar-refractivity contribution < 1.29 is 0 Å². The average Bonchev–Trinajstić information content (AvgIpc) is 2.34. The molecule has 1 atom stereocenters. The van der Waals surface area contributed by atoms with Crippen LogP contribution in [0.25, 0.3) is 0 Å². The van der Waals surface area contributed by atoms with E-state index >= 15 is 0 Å². The molecular formula is C14H21N3. The first kappa shape index (κ1) is 13.7. The largest absolute Gasteiger partial charge is 0.330 e. The summed E-state index contributed by atoms with van der Waals surface area (Å²) >= 11 is 0. The van der Waals surface area contributed by atoms with Crippen molar-refractivity contribution in [3.8, 4) is 6.07 Å². The zero-order chi connectivity index (χ0) is 12.7. The molecule has 0 saturated carbocycles. The highest BCUT2D eigenvalue weighted by atomic mass is 14.9. The van der Waals surface area contributed by atoms with Crippen molar-refractivity contribution in [2.24, 2.45) is 17.6 Å². The lowest BCUT2D eigenvalue weighted by molar-refractivity contribution is 0.370. The molecule has 0 radical (unpaired) electrons. The number of nitrogens with one attached hydrogen (secondary N) is 1. The Labute approximate surface area is 104 Å². The summed E-state index contributed by atoms with van der Waals surface area (Å²) in [6.07, 6.45) is 0. The number of rotatable bonds is 6. The summed E-state index contributed by atoms with van der Waals surface area (Å²) < 4.78 is 0. The van der Waals surface area contributed by atoms with Crippen molar-refractivity contribution in [2.75, 3.05) is 13.1 Å². The fourth-order valence-corrected chi connectivity index (χ4v) is 1.74. The Morgan fingerprint density at radius 3 is 2.76 bits per heavy atom. The van der Waals surface area contributed by atoms with Crippen molar-refractivity contribution in [1.82, 2.24) is 5.32 Å². The highest BCUT2D eigenvalue weighted by molar-refractivity contribution is 5.32. The second-order valence-corrected chi connectivity index (χ2v) is 4.68. The molecule has 0 spiro atoms. The first-order valence-corrected chi connectivity index (χ1v) is 6.07. The van der Waals surface area contributed by atoms with Gasteiger partial charge in [-0.05, 0) is 42.6 Å². The third kappa shape index (κ3) is 4.56. The van der Waals surface area contributed by atoms with Gasteiger partial charge in [-0.2, -0.15) is 5.26 Å². The van der Waals surface area contributed by atoms with E-state index in [4.69, 9.17) is 11.0 Å². The highest BCUT2D eigenvalue weighted by Gasteiger charge is 2.10. The molecule has 1 unspecified atom stereocenters. The first-order valence-electron chi connectivity index (χ1n) is 6.07. The van der Waals surface area contributed by atoms with Crippen LogP contribution >= 0.6 is 0 Å². The maximum Gasteiger partial charge on any atom is 0.0991 e. The van der Waals surface area contributed by atoms with Crippen molar-refractivity contribution in [3.05, 3.63) is 35.4 Å². The Bertz CT molecular complexity index is 379. The van der Waals surface area contributed by atoms with Gasteiger partial charge >= 0.3 is 0 Å². The zero-order valence-corrected chi connectivity index (χ0v) is 10.6. The lowest BCUT2D eigenvalue weighted by atomic mass is 9.96. The Morgan fingerprint density at radius 2 is 2.18 bits per heavy atom. The van der Waals surface area contributed by atoms with Crippen molar-refractivity contribution in [2.45, 2.75) is 20.4 Å². The number of hydrogen-bond acceptors (Lipinski definition) is 3. The second kappa shape index (κ2) is 7.05. The van der Waals surface area contributed by atoms with Crippen LogP contribution in [0.15, 0.2) is 24.3 Å². The van der Waals surface area contributed by atoms with Crippen LogP contribution in [-0.2, 0) is 6.54 Å². The molecule has 0 aliphatic carbocycles. The van der Waals surface area contributed by atoms with Crippen LogP contribution in [0.3, 0.4) is 0 Å². The number of nitriles is 1. The van der Waals surface area contributed by atoms with Crippen molar-refractivity contribution >= 4 is 0 Å². The number of hydrogen-bond donors (Lipinski definition) is 2. The molecule has 0 aliphatic rings. The fraction of sp³-hybridized carbons (Fsp3) is 0.500.